The predicted octanol–water partition coefficient (Wildman–Crippen LogP) is 3.63. The van der Waals surface area contributed by atoms with Crippen molar-refractivity contribution >= 4 is 11.7 Å². The standard InChI is InChI=1S/C24H33N3O3/c1-6-21-22(18(5)28)17(4)26-23(21)24(29)25-11-19-7-9-20(10-8-19)14-27-12-15(2)30-16(3)13-27/h7-10,15-16,26H,6,11-14H2,1-5H3,(H,25,29)/t15-,16+. The maximum absolute atomic E-state index is 12.7. The number of aryl methyl sites for hydroxylation is 1. The molecule has 0 aliphatic carbocycles. The molecule has 1 aromatic carbocycles. The summed E-state index contributed by atoms with van der Waals surface area (Å²) in [4.78, 5) is 30.1. The van der Waals surface area contributed by atoms with Crippen LogP contribution in [-0.2, 0) is 24.2 Å². The van der Waals surface area contributed by atoms with Gasteiger partial charge in [0, 0.05) is 37.4 Å². The third-order valence-electron chi connectivity index (χ3n) is 5.60. The quantitative estimate of drug-likeness (QED) is 0.683. The van der Waals surface area contributed by atoms with Gasteiger partial charge >= 0.3 is 0 Å². The number of rotatable bonds is 7. The summed E-state index contributed by atoms with van der Waals surface area (Å²) >= 11 is 0. The molecule has 30 heavy (non-hydrogen) atoms. The molecule has 2 aromatic rings. The summed E-state index contributed by atoms with van der Waals surface area (Å²) in [6.45, 7) is 12.8. The molecule has 1 aliphatic rings. The molecule has 6 nitrogen and oxygen atoms in total. The molecule has 1 amide bonds. The Labute approximate surface area is 179 Å². The summed E-state index contributed by atoms with van der Waals surface area (Å²) < 4.78 is 5.80. The topological polar surface area (TPSA) is 74.4 Å². The van der Waals surface area contributed by atoms with E-state index in [1.54, 1.807) is 0 Å². The van der Waals surface area contributed by atoms with Crippen molar-refractivity contribution in [3.63, 3.8) is 0 Å². The molecule has 1 aromatic heterocycles. The Morgan fingerprint density at radius 2 is 1.73 bits per heavy atom. The number of ketones is 1. The zero-order valence-electron chi connectivity index (χ0n) is 18.7. The van der Waals surface area contributed by atoms with E-state index in [0.29, 0.717) is 24.2 Å². The van der Waals surface area contributed by atoms with E-state index in [1.165, 1.54) is 12.5 Å². The molecule has 162 valence electrons. The molecule has 0 saturated carbocycles. The second kappa shape index (κ2) is 9.58. The summed E-state index contributed by atoms with van der Waals surface area (Å²) in [7, 11) is 0. The third-order valence-corrected chi connectivity index (χ3v) is 5.60. The second-order valence-corrected chi connectivity index (χ2v) is 8.34. The Bertz CT molecular complexity index is 891. The number of H-pyrrole nitrogens is 1. The molecular formula is C24H33N3O3. The second-order valence-electron chi connectivity index (χ2n) is 8.34. The molecule has 1 fully saturated rings. The van der Waals surface area contributed by atoms with Crippen LogP contribution in [0, 0.1) is 6.92 Å². The van der Waals surface area contributed by atoms with Gasteiger partial charge in [0.25, 0.3) is 5.91 Å². The molecule has 0 spiro atoms. The molecule has 0 unspecified atom stereocenters. The lowest BCUT2D eigenvalue weighted by molar-refractivity contribution is -0.0704. The van der Waals surface area contributed by atoms with E-state index in [-0.39, 0.29) is 23.9 Å². The number of hydrogen-bond acceptors (Lipinski definition) is 4. The average Bonchev–Trinajstić information content (AvgIpc) is 3.03. The van der Waals surface area contributed by atoms with Gasteiger partial charge in [-0.3, -0.25) is 14.5 Å². The Morgan fingerprint density at radius 1 is 1.13 bits per heavy atom. The van der Waals surface area contributed by atoms with Gasteiger partial charge in [-0.15, -0.1) is 0 Å². The SMILES string of the molecule is CCc1c(C(=O)NCc2ccc(CN3C[C@@H](C)O[C@@H](C)C3)cc2)[nH]c(C)c1C(C)=O. The first-order valence-electron chi connectivity index (χ1n) is 10.7. The molecule has 1 aliphatic heterocycles. The number of hydrogen-bond donors (Lipinski definition) is 2. The number of aromatic nitrogens is 1. The zero-order valence-corrected chi connectivity index (χ0v) is 18.7. The number of aromatic amines is 1. The maximum atomic E-state index is 12.7. The smallest absolute Gasteiger partial charge is 0.268 e. The van der Waals surface area contributed by atoms with Gasteiger partial charge in [0.2, 0.25) is 0 Å². The third kappa shape index (κ3) is 5.18. The number of carbonyl (C=O) groups is 2. The van der Waals surface area contributed by atoms with Crippen molar-refractivity contribution in [2.45, 2.75) is 66.3 Å². The first-order chi connectivity index (χ1) is 14.3. The van der Waals surface area contributed by atoms with Crippen LogP contribution in [0.3, 0.4) is 0 Å². The van der Waals surface area contributed by atoms with Crippen molar-refractivity contribution in [3.05, 3.63) is 57.9 Å². The average molecular weight is 412 g/mol. The lowest BCUT2D eigenvalue weighted by Crippen LogP contribution is -2.44. The number of amides is 1. The first-order valence-corrected chi connectivity index (χ1v) is 10.7. The molecule has 0 bridgehead atoms. The summed E-state index contributed by atoms with van der Waals surface area (Å²) in [5, 5.41) is 2.97. The van der Waals surface area contributed by atoms with Gasteiger partial charge in [-0.25, -0.2) is 0 Å². The van der Waals surface area contributed by atoms with E-state index in [4.69, 9.17) is 4.74 Å². The van der Waals surface area contributed by atoms with Crippen LogP contribution in [0.2, 0.25) is 0 Å². The highest BCUT2D eigenvalue weighted by molar-refractivity contribution is 6.02. The lowest BCUT2D eigenvalue weighted by atomic mass is 10.0. The number of morpholine rings is 1. The zero-order chi connectivity index (χ0) is 21.8. The van der Waals surface area contributed by atoms with E-state index in [9.17, 15) is 9.59 Å². The van der Waals surface area contributed by atoms with Gasteiger partial charge in [0.1, 0.15) is 5.69 Å². The van der Waals surface area contributed by atoms with Crippen LogP contribution in [0.25, 0.3) is 0 Å². The summed E-state index contributed by atoms with van der Waals surface area (Å²) in [5.74, 6) is -0.192. The Morgan fingerprint density at radius 3 is 2.30 bits per heavy atom. The number of nitrogens with one attached hydrogen (secondary N) is 2. The molecule has 3 rings (SSSR count). The van der Waals surface area contributed by atoms with Crippen LogP contribution in [0.15, 0.2) is 24.3 Å². The highest BCUT2D eigenvalue weighted by Crippen LogP contribution is 2.20. The lowest BCUT2D eigenvalue weighted by Gasteiger charge is -2.35. The number of carbonyl (C=O) groups excluding carboxylic acids is 2. The highest BCUT2D eigenvalue weighted by Gasteiger charge is 2.23. The van der Waals surface area contributed by atoms with Crippen molar-refractivity contribution in [1.82, 2.24) is 15.2 Å². The molecule has 2 heterocycles. The molecular weight excluding hydrogens is 378 g/mol. The Balaban J connectivity index is 1.59. The predicted molar refractivity (Wildman–Crippen MR) is 118 cm³/mol. The van der Waals surface area contributed by atoms with Gasteiger partial charge < -0.3 is 15.0 Å². The number of ether oxygens (including phenoxy) is 1. The van der Waals surface area contributed by atoms with E-state index in [0.717, 1.165) is 36.5 Å². The van der Waals surface area contributed by atoms with Crippen molar-refractivity contribution in [1.29, 1.82) is 0 Å². The van der Waals surface area contributed by atoms with Crippen LogP contribution < -0.4 is 5.32 Å². The van der Waals surface area contributed by atoms with E-state index >= 15 is 0 Å². The van der Waals surface area contributed by atoms with E-state index in [2.05, 4.69) is 53.3 Å². The minimum atomic E-state index is -0.178. The van der Waals surface area contributed by atoms with E-state index < -0.39 is 0 Å². The van der Waals surface area contributed by atoms with Gasteiger partial charge in [-0.05, 0) is 50.8 Å². The summed E-state index contributed by atoms with van der Waals surface area (Å²) in [6.07, 6.45) is 1.16. The molecule has 0 radical (unpaired) electrons. The molecule has 1 saturated heterocycles. The largest absolute Gasteiger partial charge is 0.373 e. The monoisotopic (exact) mass is 411 g/mol. The van der Waals surface area contributed by atoms with Crippen LogP contribution in [0.4, 0.5) is 0 Å². The summed E-state index contributed by atoms with van der Waals surface area (Å²) in [5.41, 5.74) is 4.98. The molecule has 2 atom stereocenters. The van der Waals surface area contributed by atoms with Crippen molar-refractivity contribution in [2.75, 3.05) is 13.1 Å². The van der Waals surface area contributed by atoms with Gasteiger partial charge in [0.15, 0.2) is 5.78 Å². The fourth-order valence-corrected chi connectivity index (χ4v) is 4.41. The van der Waals surface area contributed by atoms with Crippen molar-refractivity contribution in [3.8, 4) is 0 Å². The van der Waals surface area contributed by atoms with Crippen LogP contribution in [-0.4, -0.2) is 46.9 Å². The Hall–Kier alpha value is -2.44. The minimum Gasteiger partial charge on any atom is -0.373 e. The molecule has 2 N–H and O–H groups in total. The van der Waals surface area contributed by atoms with Gasteiger partial charge in [-0.2, -0.15) is 0 Å². The summed E-state index contributed by atoms with van der Waals surface area (Å²) in [6, 6.07) is 8.36. The van der Waals surface area contributed by atoms with Crippen molar-refractivity contribution < 1.29 is 14.3 Å². The van der Waals surface area contributed by atoms with Crippen LogP contribution >= 0.6 is 0 Å². The van der Waals surface area contributed by atoms with Crippen molar-refractivity contribution in [2.24, 2.45) is 0 Å². The number of Topliss-reactive ketones (excluding diaryl/α,β-unsaturated/α-hetero) is 1. The number of benzene rings is 1. The fourth-order valence-electron chi connectivity index (χ4n) is 4.41. The Kier molecular flexibility index (Phi) is 7.10. The minimum absolute atomic E-state index is 0.0145. The normalized spacial score (nSPS) is 19.6. The van der Waals surface area contributed by atoms with Gasteiger partial charge in [0.05, 0.1) is 12.2 Å². The highest BCUT2D eigenvalue weighted by atomic mass is 16.5. The first kappa shape index (κ1) is 22.2. The van der Waals surface area contributed by atoms with E-state index in [1.807, 2.05) is 13.8 Å². The molecule has 6 heteroatoms. The number of nitrogens with zero attached hydrogens (tertiary/aromatic N) is 1. The fraction of sp³-hybridized carbons (Fsp3) is 0.500. The van der Waals surface area contributed by atoms with Gasteiger partial charge in [-0.1, -0.05) is 31.2 Å². The van der Waals surface area contributed by atoms with Crippen LogP contribution in [0.5, 0.6) is 0 Å². The maximum Gasteiger partial charge on any atom is 0.268 e. The van der Waals surface area contributed by atoms with Crippen LogP contribution in [0.1, 0.15) is 70.9 Å².